The van der Waals surface area contributed by atoms with E-state index >= 15 is 0 Å². The lowest BCUT2D eigenvalue weighted by Gasteiger charge is -2.21. The molecule has 2 heterocycles. The summed E-state index contributed by atoms with van der Waals surface area (Å²) in [6.45, 7) is 2.96. The van der Waals surface area contributed by atoms with Gasteiger partial charge >= 0.3 is 0 Å². The molecule has 2 aromatic rings. The number of thioether (sulfide) groups is 1. The van der Waals surface area contributed by atoms with Crippen LogP contribution in [0.1, 0.15) is 17.7 Å². The average molecular weight is 333 g/mol. The fourth-order valence-electron chi connectivity index (χ4n) is 2.98. The molecule has 0 saturated carbocycles. The molecule has 1 aliphatic heterocycles. The van der Waals surface area contributed by atoms with Crippen LogP contribution in [-0.2, 0) is 13.6 Å². The molecule has 0 aliphatic carbocycles. The van der Waals surface area contributed by atoms with Gasteiger partial charge in [0.2, 0.25) is 0 Å². The minimum atomic E-state index is -0.633. The third-order valence-electron chi connectivity index (χ3n) is 4.51. The predicted octanol–water partition coefficient (Wildman–Crippen LogP) is 1.44. The fraction of sp³-hybridized carbons (Fsp3) is 0.471. The zero-order valence-electron chi connectivity index (χ0n) is 13.6. The van der Waals surface area contributed by atoms with Crippen LogP contribution in [0.5, 0.6) is 0 Å². The quantitative estimate of drug-likeness (QED) is 0.869. The van der Waals surface area contributed by atoms with E-state index in [9.17, 15) is 9.90 Å². The van der Waals surface area contributed by atoms with Crippen molar-refractivity contribution in [3.8, 4) is 5.69 Å². The first-order valence-corrected chi connectivity index (χ1v) is 9.01. The fourth-order valence-corrected chi connectivity index (χ4v) is 4.28. The molecule has 0 radical (unpaired) electrons. The Labute approximate surface area is 140 Å². The lowest BCUT2D eigenvalue weighted by Crippen LogP contribution is -2.40. The zero-order valence-corrected chi connectivity index (χ0v) is 14.4. The Morgan fingerprint density at radius 2 is 2.09 bits per heavy atom. The SMILES string of the molecule is Cc1c(CNCC2(O)CCSC2)c(=O)n(-c2ccccc2)n1C. The summed E-state index contributed by atoms with van der Waals surface area (Å²) in [5.41, 5.74) is 1.92. The van der Waals surface area contributed by atoms with Crippen LogP contribution in [0.3, 0.4) is 0 Å². The maximum atomic E-state index is 12.8. The molecule has 1 unspecified atom stereocenters. The van der Waals surface area contributed by atoms with Crippen LogP contribution in [0, 0.1) is 6.92 Å². The van der Waals surface area contributed by atoms with Crippen molar-refractivity contribution in [3.63, 3.8) is 0 Å². The number of hydrogen-bond acceptors (Lipinski definition) is 4. The zero-order chi connectivity index (χ0) is 16.4. The maximum Gasteiger partial charge on any atom is 0.276 e. The Bertz CT molecular complexity index is 730. The van der Waals surface area contributed by atoms with Gasteiger partial charge < -0.3 is 10.4 Å². The van der Waals surface area contributed by atoms with Crippen LogP contribution in [-0.4, -0.2) is 38.1 Å². The third-order valence-corrected chi connectivity index (χ3v) is 5.75. The van der Waals surface area contributed by atoms with E-state index in [2.05, 4.69) is 5.32 Å². The summed E-state index contributed by atoms with van der Waals surface area (Å²) < 4.78 is 3.57. The summed E-state index contributed by atoms with van der Waals surface area (Å²) in [7, 11) is 1.90. The van der Waals surface area contributed by atoms with Crippen LogP contribution in [0.2, 0.25) is 0 Å². The molecule has 1 atom stereocenters. The Kier molecular flexibility index (Phi) is 4.66. The summed E-state index contributed by atoms with van der Waals surface area (Å²) >= 11 is 1.78. The number of hydrogen-bond donors (Lipinski definition) is 2. The topological polar surface area (TPSA) is 59.2 Å². The normalized spacial score (nSPS) is 21.0. The number of benzene rings is 1. The van der Waals surface area contributed by atoms with E-state index in [1.165, 1.54) is 0 Å². The summed E-state index contributed by atoms with van der Waals surface area (Å²) in [6, 6.07) is 9.64. The second kappa shape index (κ2) is 6.55. The smallest absolute Gasteiger partial charge is 0.276 e. The lowest BCUT2D eigenvalue weighted by atomic mass is 10.0. The summed E-state index contributed by atoms with van der Waals surface area (Å²) in [6.07, 6.45) is 0.812. The molecule has 1 aromatic heterocycles. The second-order valence-electron chi connectivity index (χ2n) is 6.17. The molecule has 2 N–H and O–H groups in total. The monoisotopic (exact) mass is 333 g/mol. The average Bonchev–Trinajstić information content (AvgIpc) is 3.06. The Morgan fingerprint density at radius 3 is 2.74 bits per heavy atom. The van der Waals surface area contributed by atoms with Gasteiger partial charge in [0.05, 0.1) is 16.9 Å². The molecule has 0 bridgehead atoms. The molecule has 5 nitrogen and oxygen atoms in total. The molecule has 1 aliphatic rings. The molecule has 3 rings (SSSR count). The van der Waals surface area contributed by atoms with E-state index in [1.54, 1.807) is 16.4 Å². The van der Waals surface area contributed by atoms with E-state index in [-0.39, 0.29) is 5.56 Å². The summed E-state index contributed by atoms with van der Waals surface area (Å²) in [4.78, 5) is 12.8. The van der Waals surface area contributed by atoms with Crippen molar-refractivity contribution in [2.75, 3.05) is 18.1 Å². The molecule has 6 heteroatoms. The van der Waals surface area contributed by atoms with Gasteiger partial charge in [0.25, 0.3) is 5.56 Å². The maximum absolute atomic E-state index is 12.8. The molecule has 124 valence electrons. The number of aromatic nitrogens is 2. The lowest BCUT2D eigenvalue weighted by molar-refractivity contribution is 0.0674. The van der Waals surface area contributed by atoms with E-state index in [4.69, 9.17) is 0 Å². The van der Waals surface area contributed by atoms with Crippen LogP contribution < -0.4 is 10.9 Å². The van der Waals surface area contributed by atoms with Crippen LogP contribution in [0.4, 0.5) is 0 Å². The van der Waals surface area contributed by atoms with E-state index in [1.807, 2.05) is 49.0 Å². The van der Waals surface area contributed by atoms with Gasteiger partial charge in [0.15, 0.2) is 0 Å². The molecule has 1 saturated heterocycles. The number of aliphatic hydroxyl groups is 1. The molecular formula is C17H23N3O2S. The molecule has 1 aromatic carbocycles. The van der Waals surface area contributed by atoms with Crippen molar-refractivity contribution in [1.82, 2.24) is 14.7 Å². The Morgan fingerprint density at radius 1 is 1.35 bits per heavy atom. The first-order valence-electron chi connectivity index (χ1n) is 7.86. The van der Waals surface area contributed by atoms with Crippen LogP contribution >= 0.6 is 11.8 Å². The van der Waals surface area contributed by atoms with Crippen LogP contribution in [0.15, 0.2) is 35.1 Å². The van der Waals surface area contributed by atoms with Crippen molar-refractivity contribution in [1.29, 1.82) is 0 Å². The number of rotatable bonds is 5. The van der Waals surface area contributed by atoms with E-state index < -0.39 is 5.60 Å². The second-order valence-corrected chi connectivity index (χ2v) is 7.28. The van der Waals surface area contributed by atoms with E-state index in [0.717, 1.165) is 34.9 Å². The van der Waals surface area contributed by atoms with Gasteiger partial charge in [0.1, 0.15) is 0 Å². The van der Waals surface area contributed by atoms with Crippen molar-refractivity contribution < 1.29 is 5.11 Å². The highest BCUT2D eigenvalue weighted by Crippen LogP contribution is 2.27. The van der Waals surface area contributed by atoms with Gasteiger partial charge in [0, 0.05) is 31.6 Å². The van der Waals surface area contributed by atoms with Gasteiger partial charge in [-0.25, -0.2) is 4.68 Å². The van der Waals surface area contributed by atoms with Crippen molar-refractivity contribution in [2.45, 2.75) is 25.5 Å². The van der Waals surface area contributed by atoms with Gasteiger partial charge in [-0.05, 0) is 31.2 Å². The summed E-state index contributed by atoms with van der Waals surface area (Å²) in [5.74, 6) is 1.77. The highest BCUT2D eigenvalue weighted by molar-refractivity contribution is 7.99. The largest absolute Gasteiger partial charge is 0.388 e. The summed E-state index contributed by atoms with van der Waals surface area (Å²) in [5, 5.41) is 13.6. The van der Waals surface area contributed by atoms with Crippen molar-refractivity contribution in [3.05, 3.63) is 51.9 Å². The molecule has 0 spiro atoms. The molecule has 1 fully saturated rings. The molecule has 0 amide bonds. The standard InChI is InChI=1S/C17H23N3O2S/c1-13-15(10-18-11-17(22)8-9-23-12-17)16(21)20(19(13)2)14-6-4-3-5-7-14/h3-7,18,22H,8-12H2,1-2H3. The highest BCUT2D eigenvalue weighted by atomic mass is 32.2. The van der Waals surface area contributed by atoms with Gasteiger partial charge in [-0.3, -0.25) is 9.48 Å². The first-order chi connectivity index (χ1) is 11.0. The number of para-hydroxylation sites is 1. The minimum Gasteiger partial charge on any atom is -0.388 e. The first kappa shape index (κ1) is 16.4. The predicted molar refractivity (Wildman–Crippen MR) is 94.3 cm³/mol. The minimum absolute atomic E-state index is 0.00325. The van der Waals surface area contributed by atoms with Gasteiger partial charge in [-0.15, -0.1) is 0 Å². The Hall–Kier alpha value is -1.50. The van der Waals surface area contributed by atoms with Crippen LogP contribution in [0.25, 0.3) is 5.69 Å². The van der Waals surface area contributed by atoms with Crippen molar-refractivity contribution >= 4 is 11.8 Å². The molecule has 23 heavy (non-hydrogen) atoms. The third kappa shape index (κ3) is 3.24. The van der Waals surface area contributed by atoms with Gasteiger partial charge in [-0.2, -0.15) is 11.8 Å². The highest BCUT2D eigenvalue weighted by Gasteiger charge is 2.31. The Balaban J connectivity index is 1.79. The number of nitrogens with one attached hydrogen (secondary N) is 1. The van der Waals surface area contributed by atoms with Gasteiger partial charge in [-0.1, -0.05) is 18.2 Å². The van der Waals surface area contributed by atoms with Crippen molar-refractivity contribution in [2.24, 2.45) is 7.05 Å². The number of nitrogens with zero attached hydrogens (tertiary/aromatic N) is 2. The molecular weight excluding hydrogens is 310 g/mol. The van der Waals surface area contributed by atoms with E-state index in [0.29, 0.717) is 13.1 Å².